The van der Waals surface area contributed by atoms with Crippen LogP contribution in [0.4, 0.5) is 22.0 Å². The number of hydrogen-bond acceptors (Lipinski definition) is 0. The Balaban J connectivity index is 1.58. The maximum Gasteiger partial charge on any atom is 0.194 e. The summed E-state index contributed by atoms with van der Waals surface area (Å²) in [5.74, 6) is -5.59. The van der Waals surface area contributed by atoms with E-state index in [1.54, 1.807) is 13.0 Å². The van der Waals surface area contributed by atoms with Crippen LogP contribution in [0, 0.1) is 41.9 Å². The van der Waals surface area contributed by atoms with Gasteiger partial charge in [-0.05, 0) is 152 Å². The monoisotopic (exact) mass is 698 g/mol. The van der Waals surface area contributed by atoms with Gasteiger partial charge in [0, 0.05) is 0 Å². The second kappa shape index (κ2) is 14.7. The van der Waals surface area contributed by atoms with Crippen LogP contribution in [0.15, 0.2) is 115 Å². The Kier molecular flexibility index (Phi) is 9.96. The van der Waals surface area contributed by atoms with Gasteiger partial charge >= 0.3 is 0 Å². The summed E-state index contributed by atoms with van der Waals surface area (Å²) in [6, 6.07) is 35.4. The van der Waals surface area contributed by atoms with Crippen LogP contribution in [0.1, 0.15) is 48.9 Å². The van der Waals surface area contributed by atoms with Crippen LogP contribution in [0.3, 0.4) is 0 Å². The van der Waals surface area contributed by atoms with Crippen LogP contribution in [0.2, 0.25) is 0 Å². The molecule has 1 atom stereocenters. The fourth-order valence-electron chi connectivity index (χ4n) is 7.79. The lowest BCUT2D eigenvalue weighted by Crippen LogP contribution is -2.09. The highest BCUT2D eigenvalue weighted by Gasteiger charge is 2.26. The molecule has 0 aliphatic rings. The lowest BCUT2D eigenvalue weighted by molar-refractivity contribution is 0.447. The van der Waals surface area contributed by atoms with Crippen molar-refractivity contribution in [1.82, 2.24) is 0 Å². The molecule has 52 heavy (non-hydrogen) atoms. The molecule has 0 aliphatic heterocycles. The average molecular weight is 699 g/mol. The van der Waals surface area contributed by atoms with Crippen molar-refractivity contribution in [1.29, 1.82) is 0 Å². The minimum atomic E-state index is -1.51. The molecule has 7 rings (SSSR count). The summed E-state index contributed by atoms with van der Waals surface area (Å²) in [4.78, 5) is 0. The number of fused-ring (bicyclic) bond motifs is 2. The maximum atomic E-state index is 15.0. The van der Waals surface area contributed by atoms with E-state index in [1.807, 2.05) is 66.7 Å². The van der Waals surface area contributed by atoms with E-state index in [9.17, 15) is 8.78 Å². The Hall–Kier alpha value is -5.29. The molecule has 0 nitrogen and oxygen atoms in total. The van der Waals surface area contributed by atoms with Crippen molar-refractivity contribution < 1.29 is 22.0 Å². The van der Waals surface area contributed by atoms with E-state index in [0.29, 0.717) is 24.0 Å². The number of halogens is 5. The number of benzene rings is 7. The highest BCUT2D eigenvalue weighted by atomic mass is 19.2. The van der Waals surface area contributed by atoms with Crippen molar-refractivity contribution in [3.8, 4) is 33.4 Å². The molecule has 7 aromatic rings. The van der Waals surface area contributed by atoms with Crippen molar-refractivity contribution in [2.75, 3.05) is 0 Å². The molecule has 0 aromatic heterocycles. The second-order valence-electron chi connectivity index (χ2n) is 13.7. The Bertz CT molecular complexity index is 2380. The van der Waals surface area contributed by atoms with E-state index >= 15 is 13.2 Å². The molecule has 7 aromatic carbocycles. The Labute approximate surface area is 301 Å². The summed E-state index contributed by atoms with van der Waals surface area (Å²) in [5, 5.41) is 3.71. The van der Waals surface area contributed by atoms with Crippen LogP contribution >= 0.6 is 0 Å². The Morgan fingerprint density at radius 3 is 1.60 bits per heavy atom. The van der Waals surface area contributed by atoms with E-state index in [4.69, 9.17) is 0 Å². The third-order valence-corrected chi connectivity index (χ3v) is 10.5. The third-order valence-electron chi connectivity index (χ3n) is 10.5. The molecule has 0 saturated heterocycles. The molecule has 0 heterocycles. The first-order valence-electron chi connectivity index (χ1n) is 17.9. The molecule has 0 bridgehead atoms. The molecular weight excluding hydrogens is 660 g/mol. The maximum absolute atomic E-state index is 15.0. The zero-order valence-electron chi connectivity index (χ0n) is 29.5. The van der Waals surface area contributed by atoms with E-state index in [1.165, 1.54) is 11.6 Å². The predicted molar refractivity (Wildman–Crippen MR) is 204 cm³/mol. The number of rotatable bonds is 10. The van der Waals surface area contributed by atoms with Crippen LogP contribution in [0.5, 0.6) is 0 Å². The van der Waals surface area contributed by atoms with Crippen LogP contribution in [-0.4, -0.2) is 0 Å². The largest absolute Gasteiger partial charge is 0.204 e. The first-order chi connectivity index (χ1) is 25.2. The fraction of sp³-hybridized carbons (Fsp3) is 0.191. The third kappa shape index (κ3) is 6.61. The summed E-state index contributed by atoms with van der Waals surface area (Å²) in [6.07, 6.45) is 3.77. The standard InChI is InChI=1S/C47H39F5/c1-4-29(19-20-30-13-7-6-8-14-30)22-40-39(34-26-42(49)47(52)43(50)27-34)24-32-16-10-12-18-37(32)45(40)44-35(5-2)38(23-31-15-9-11-17-36(31)44)33-21-28(3)46(51)41(48)25-33/h6-18,21,23-27,29H,4-5,19-20,22H2,1-3H3. The molecule has 262 valence electrons. The van der Waals surface area contributed by atoms with Crippen molar-refractivity contribution in [3.63, 3.8) is 0 Å². The summed E-state index contributed by atoms with van der Waals surface area (Å²) < 4.78 is 74.1. The smallest absolute Gasteiger partial charge is 0.194 e. The van der Waals surface area contributed by atoms with Gasteiger partial charge in [0.2, 0.25) is 0 Å². The summed E-state index contributed by atoms with van der Waals surface area (Å²) in [6.45, 7) is 5.77. The summed E-state index contributed by atoms with van der Waals surface area (Å²) >= 11 is 0. The molecule has 0 saturated carbocycles. The van der Waals surface area contributed by atoms with Crippen LogP contribution in [-0.2, 0) is 19.3 Å². The molecule has 0 aliphatic carbocycles. The van der Waals surface area contributed by atoms with Gasteiger partial charge in [0.05, 0.1) is 0 Å². The van der Waals surface area contributed by atoms with E-state index < -0.39 is 29.1 Å². The number of hydrogen-bond donors (Lipinski definition) is 0. The average Bonchev–Trinajstić information content (AvgIpc) is 3.16. The Morgan fingerprint density at radius 1 is 0.538 bits per heavy atom. The normalized spacial score (nSPS) is 12.2. The van der Waals surface area contributed by atoms with Gasteiger partial charge in [0.1, 0.15) is 0 Å². The second-order valence-corrected chi connectivity index (χ2v) is 13.7. The van der Waals surface area contributed by atoms with Crippen LogP contribution in [0.25, 0.3) is 54.9 Å². The zero-order chi connectivity index (χ0) is 36.5. The van der Waals surface area contributed by atoms with Crippen LogP contribution < -0.4 is 0 Å². The van der Waals surface area contributed by atoms with E-state index in [0.717, 1.165) is 80.8 Å². The highest BCUT2D eigenvalue weighted by Crippen LogP contribution is 2.47. The molecule has 5 heteroatoms. The fourth-order valence-corrected chi connectivity index (χ4v) is 7.79. The SMILES string of the molecule is CCc1c(-c2cc(C)c(F)c(F)c2)cc2ccccc2c1-c1c(CC(CC)CCc2ccccc2)c(-c2cc(F)c(F)c(F)c2)cc2ccccc12. The van der Waals surface area contributed by atoms with E-state index in [-0.39, 0.29) is 17.0 Å². The first-order valence-corrected chi connectivity index (χ1v) is 17.9. The van der Waals surface area contributed by atoms with Gasteiger partial charge < -0.3 is 0 Å². The lowest BCUT2D eigenvalue weighted by Gasteiger charge is -2.26. The van der Waals surface area contributed by atoms with Gasteiger partial charge in [-0.3, -0.25) is 0 Å². The quantitative estimate of drug-likeness (QED) is 0.0985. The van der Waals surface area contributed by atoms with Gasteiger partial charge in [-0.25, -0.2) is 22.0 Å². The minimum absolute atomic E-state index is 0.197. The zero-order valence-corrected chi connectivity index (χ0v) is 29.5. The van der Waals surface area contributed by atoms with Gasteiger partial charge in [-0.2, -0.15) is 0 Å². The van der Waals surface area contributed by atoms with E-state index in [2.05, 4.69) is 38.1 Å². The molecule has 1 unspecified atom stereocenters. The predicted octanol–water partition coefficient (Wildman–Crippen LogP) is 13.8. The Morgan fingerprint density at radius 2 is 1.04 bits per heavy atom. The molecule has 0 radical (unpaired) electrons. The van der Waals surface area contributed by atoms with Crippen molar-refractivity contribution in [2.24, 2.45) is 5.92 Å². The highest BCUT2D eigenvalue weighted by molar-refractivity contribution is 6.11. The van der Waals surface area contributed by atoms with Gasteiger partial charge in [0.25, 0.3) is 0 Å². The molecule has 0 fully saturated rings. The molecular formula is C47H39F5. The molecule has 0 N–H and O–H groups in total. The topological polar surface area (TPSA) is 0 Å². The van der Waals surface area contributed by atoms with Gasteiger partial charge in [-0.1, -0.05) is 99.1 Å². The summed E-state index contributed by atoms with van der Waals surface area (Å²) in [7, 11) is 0. The van der Waals surface area contributed by atoms with Crippen molar-refractivity contribution in [3.05, 3.63) is 167 Å². The molecule has 0 amide bonds. The van der Waals surface area contributed by atoms with Crippen molar-refractivity contribution >= 4 is 21.5 Å². The van der Waals surface area contributed by atoms with Gasteiger partial charge in [0.15, 0.2) is 29.1 Å². The minimum Gasteiger partial charge on any atom is -0.204 e. The molecule has 0 spiro atoms. The summed E-state index contributed by atoms with van der Waals surface area (Å²) in [5.41, 5.74) is 7.39. The number of aryl methyl sites for hydroxylation is 2. The first kappa shape index (κ1) is 35.1. The van der Waals surface area contributed by atoms with Crippen molar-refractivity contribution in [2.45, 2.75) is 52.9 Å². The van der Waals surface area contributed by atoms with Gasteiger partial charge in [-0.15, -0.1) is 0 Å². The lowest BCUT2D eigenvalue weighted by atomic mass is 9.77.